The summed E-state index contributed by atoms with van der Waals surface area (Å²) < 4.78 is 0.513. The van der Waals surface area contributed by atoms with Crippen molar-refractivity contribution < 1.29 is 9.72 Å². The first kappa shape index (κ1) is 16.2. The maximum atomic E-state index is 12.5. The van der Waals surface area contributed by atoms with Gasteiger partial charge in [-0.05, 0) is 18.9 Å². The first-order valence-corrected chi connectivity index (χ1v) is 7.99. The van der Waals surface area contributed by atoms with Crippen LogP contribution in [0.25, 0.3) is 0 Å². The number of hydrogen-bond acceptors (Lipinski definition) is 3. The minimum Gasteiger partial charge on any atom is -0.337 e. The Kier molecular flexibility index (Phi) is 5.22. The van der Waals surface area contributed by atoms with Gasteiger partial charge in [0.15, 0.2) is 0 Å². The third-order valence-corrected chi connectivity index (χ3v) is 4.77. The number of carbonyl (C=O) groups excluding carboxylic acids is 1. The minimum absolute atomic E-state index is 0.0223. The summed E-state index contributed by atoms with van der Waals surface area (Å²) >= 11 is 9.52. The van der Waals surface area contributed by atoms with Crippen LogP contribution in [-0.4, -0.2) is 34.2 Å². The molecular weight excluding hydrogens is 360 g/mol. The summed E-state index contributed by atoms with van der Waals surface area (Å²) in [6, 6.07) is 4.25. The number of halogens is 2. The van der Waals surface area contributed by atoms with Crippen molar-refractivity contribution in [2.75, 3.05) is 7.05 Å². The van der Waals surface area contributed by atoms with Gasteiger partial charge in [-0.15, -0.1) is 11.6 Å². The lowest BCUT2D eigenvalue weighted by Gasteiger charge is -2.35. The molecule has 1 aromatic carbocycles. The second kappa shape index (κ2) is 6.75. The molecule has 0 radical (unpaired) electrons. The number of nitro benzene ring substituents is 1. The molecule has 0 saturated heterocycles. The van der Waals surface area contributed by atoms with Crippen molar-refractivity contribution in [2.24, 2.45) is 0 Å². The fourth-order valence-electron chi connectivity index (χ4n) is 2.66. The summed E-state index contributed by atoms with van der Waals surface area (Å²) in [4.78, 5) is 24.5. The van der Waals surface area contributed by atoms with Gasteiger partial charge in [0.1, 0.15) is 0 Å². The van der Waals surface area contributed by atoms with Crippen molar-refractivity contribution in [1.29, 1.82) is 0 Å². The van der Waals surface area contributed by atoms with Gasteiger partial charge in [0.05, 0.1) is 10.3 Å². The fourth-order valence-corrected chi connectivity index (χ4v) is 3.59. The first-order chi connectivity index (χ1) is 9.90. The SMILES string of the molecule is CN(C(=O)c1cc(Br)cc([N+](=O)[O-])c1)C1CCCCC1Cl. The molecule has 21 heavy (non-hydrogen) atoms. The summed E-state index contributed by atoms with van der Waals surface area (Å²) in [6.07, 6.45) is 3.88. The third-order valence-electron chi connectivity index (χ3n) is 3.81. The van der Waals surface area contributed by atoms with Crippen LogP contribution in [0.15, 0.2) is 22.7 Å². The highest BCUT2D eigenvalue weighted by Gasteiger charge is 2.30. The van der Waals surface area contributed by atoms with E-state index in [0.717, 1.165) is 25.7 Å². The standard InChI is InChI=1S/C14H16BrClN2O3/c1-17(13-5-3-2-4-12(13)16)14(19)9-6-10(15)8-11(7-9)18(20)21/h6-8,12-13H,2-5H2,1H3. The van der Waals surface area contributed by atoms with Gasteiger partial charge in [-0.2, -0.15) is 0 Å². The van der Waals surface area contributed by atoms with E-state index >= 15 is 0 Å². The van der Waals surface area contributed by atoms with E-state index in [-0.39, 0.29) is 23.0 Å². The molecule has 7 heteroatoms. The number of nitro groups is 1. The van der Waals surface area contributed by atoms with Crippen LogP contribution in [0.4, 0.5) is 5.69 Å². The lowest BCUT2D eigenvalue weighted by Crippen LogP contribution is -2.44. The monoisotopic (exact) mass is 374 g/mol. The van der Waals surface area contributed by atoms with E-state index in [0.29, 0.717) is 10.0 Å². The van der Waals surface area contributed by atoms with Gasteiger partial charge in [-0.3, -0.25) is 14.9 Å². The largest absolute Gasteiger partial charge is 0.337 e. The van der Waals surface area contributed by atoms with Crippen LogP contribution in [-0.2, 0) is 0 Å². The Morgan fingerprint density at radius 2 is 2.05 bits per heavy atom. The molecule has 5 nitrogen and oxygen atoms in total. The van der Waals surface area contributed by atoms with Gasteiger partial charge in [0.2, 0.25) is 0 Å². The van der Waals surface area contributed by atoms with Gasteiger partial charge in [0.25, 0.3) is 11.6 Å². The van der Waals surface area contributed by atoms with Gasteiger partial charge in [-0.25, -0.2) is 0 Å². The normalized spacial score (nSPS) is 21.9. The van der Waals surface area contributed by atoms with Gasteiger partial charge in [-0.1, -0.05) is 28.8 Å². The summed E-state index contributed by atoms with van der Waals surface area (Å²) in [5.74, 6) is -0.239. The smallest absolute Gasteiger partial charge is 0.271 e. The molecule has 1 aliphatic rings. The summed E-state index contributed by atoms with van der Waals surface area (Å²) in [6.45, 7) is 0. The third kappa shape index (κ3) is 3.74. The van der Waals surface area contributed by atoms with Crippen molar-refractivity contribution in [3.05, 3.63) is 38.3 Å². The number of benzene rings is 1. The molecule has 0 heterocycles. The summed E-state index contributed by atoms with van der Waals surface area (Å²) in [5.41, 5.74) is 0.195. The zero-order chi connectivity index (χ0) is 15.6. The zero-order valence-corrected chi connectivity index (χ0v) is 13.9. The van der Waals surface area contributed by atoms with Crippen molar-refractivity contribution in [2.45, 2.75) is 37.1 Å². The Bertz CT molecular complexity index is 567. The molecule has 1 fully saturated rings. The van der Waals surface area contributed by atoms with Crippen molar-refractivity contribution in [1.82, 2.24) is 4.90 Å². The van der Waals surface area contributed by atoms with Crippen LogP contribution in [0, 0.1) is 10.1 Å². The molecule has 114 valence electrons. The highest BCUT2D eigenvalue weighted by atomic mass is 79.9. The van der Waals surface area contributed by atoms with E-state index in [2.05, 4.69) is 15.9 Å². The fraction of sp³-hybridized carbons (Fsp3) is 0.500. The lowest BCUT2D eigenvalue weighted by atomic mass is 9.93. The Morgan fingerprint density at radius 3 is 2.67 bits per heavy atom. The summed E-state index contributed by atoms with van der Waals surface area (Å²) in [5, 5.41) is 10.8. The molecule has 2 atom stereocenters. The van der Waals surface area contributed by atoms with Gasteiger partial charge >= 0.3 is 0 Å². The highest BCUT2D eigenvalue weighted by molar-refractivity contribution is 9.10. The number of amides is 1. The van der Waals surface area contributed by atoms with Crippen molar-refractivity contribution in [3.8, 4) is 0 Å². The Hall–Kier alpha value is -1.14. The molecule has 0 aliphatic heterocycles. The van der Waals surface area contributed by atoms with Crippen LogP contribution in [0.1, 0.15) is 36.0 Å². The van der Waals surface area contributed by atoms with Crippen LogP contribution < -0.4 is 0 Å². The molecule has 0 spiro atoms. The maximum absolute atomic E-state index is 12.5. The van der Waals surface area contributed by atoms with Gasteiger partial charge < -0.3 is 4.90 Å². The molecule has 1 aliphatic carbocycles. The molecule has 0 aromatic heterocycles. The number of non-ortho nitro benzene ring substituents is 1. The predicted molar refractivity (Wildman–Crippen MR) is 84.8 cm³/mol. The average Bonchev–Trinajstić information content (AvgIpc) is 2.45. The Balaban J connectivity index is 2.24. The number of alkyl halides is 1. The number of hydrogen-bond donors (Lipinski definition) is 0. The van der Waals surface area contributed by atoms with Crippen LogP contribution >= 0.6 is 27.5 Å². The van der Waals surface area contributed by atoms with E-state index in [1.54, 1.807) is 18.0 Å². The van der Waals surface area contributed by atoms with Crippen molar-refractivity contribution >= 4 is 39.1 Å². The van der Waals surface area contributed by atoms with Gasteiger partial charge in [0, 0.05) is 35.3 Å². The highest BCUT2D eigenvalue weighted by Crippen LogP contribution is 2.28. The maximum Gasteiger partial charge on any atom is 0.271 e. The molecule has 0 bridgehead atoms. The minimum atomic E-state index is -0.507. The van der Waals surface area contributed by atoms with Crippen LogP contribution in [0.3, 0.4) is 0 Å². The van der Waals surface area contributed by atoms with Crippen molar-refractivity contribution in [3.63, 3.8) is 0 Å². The molecule has 1 aromatic rings. The molecule has 0 N–H and O–H groups in total. The molecule has 2 unspecified atom stereocenters. The first-order valence-electron chi connectivity index (χ1n) is 6.76. The molecule has 1 amide bonds. The van der Waals surface area contributed by atoms with E-state index in [9.17, 15) is 14.9 Å². The average molecular weight is 376 g/mol. The predicted octanol–water partition coefficient (Wildman–Crippen LogP) is 3.98. The zero-order valence-electron chi connectivity index (χ0n) is 11.6. The summed E-state index contributed by atoms with van der Waals surface area (Å²) in [7, 11) is 1.71. The van der Waals surface area contributed by atoms with E-state index < -0.39 is 4.92 Å². The topological polar surface area (TPSA) is 63.5 Å². The molecular formula is C14H16BrClN2O3. The Labute approximate surface area is 136 Å². The van der Waals surface area contributed by atoms with Crippen LogP contribution in [0.5, 0.6) is 0 Å². The Morgan fingerprint density at radius 1 is 1.38 bits per heavy atom. The lowest BCUT2D eigenvalue weighted by molar-refractivity contribution is -0.385. The van der Waals surface area contributed by atoms with E-state index in [1.807, 2.05) is 0 Å². The molecule has 1 saturated carbocycles. The number of carbonyl (C=O) groups is 1. The van der Waals surface area contributed by atoms with Crippen LogP contribution in [0.2, 0.25) is 0 Å². The second-order valence-corrected chi connectivity index (χ2v) is 6.72. The number of nitrogens with zero attached hydrogens (tertiary/aromatic N) is 2. The van der Waals surface area contributed by atoms with E-state index in [1.165, 1.54) is 12.1 Å². The van der Waals surface area contributed by atoms with E-state index in [4.69, 9.17) is 11.6 Å². The molecule has 2 rings (SSSR count). The quantitative estimate of drug-likeness (QED) is 0.456. The number of rotatable bonds is 3. The second-order valence-electron chi connectivity index (χ2n) is 5.24.